The highest BCUT2D eigenvalue weighted by molar-refractivity contribution is 6.07. The summed E-state index contributed by atoms with van der Waals surface area (Å²) in [5.74, 6) is -0.825. The second-order valence-corrected chi connectivity index (χ2v) is 8.48. The number of nitrogens with zero attached hydrogens (tertiary/aromatic N) is 2. The molecule has 7 nitrogen and oxygen atoms in total. The van der Waals surface area contributed by atoms with Crippen LogP contribution in [0, 0.1) is 24.2 Å². The molecule has 1 atom stereocenters. The topological polar surface area (TPSA) is 134 Å². The van der Waals surface area contributed by atoms with E-state index >= 15 is 0 Å². The Hall–Kier alpha value is -3.74. The number of H-pyrrole nitrogens is 1. The second-order valence-electron chi connectivity index (χ2n) is 8.48. The lowest BCUT2D eigenvalue weighted by Crippen LogP contribution is -2.26. The van der Waals surface area contributed by atoms with Crippen LogP contribution in [0.15, 0.2) is 53.3 Å². The van der Waals surface area contributed by atoms with E-state index in [1.807, 2.05) is 50.2 Å². The lowest BCUT2D eigenvalue weighted by atomic mass is 9.95. The van der Waals surface area contributed by atoms with E-state index in [0.29, 0.717) is 23.0 Å². The normalized spacial score (nSPS) is 16.0. The zero-order valence-corrected chi connectivity index (χ0v) is 18.6. The number of carbonyl (C=O) groups is 1. The molecule has 1 unspecified atom stereocenters. The number of hydrogen-bond acceptors (Lipinski definition) is 5. The van der Waals surface area contributed by atoms with E-state index in [4.69, 9.17) is 21.9 Å². The number of primary amides is 1. The number of aryl methyl sites for hydroxylation is 1. The molecule has 3 aromatic rings. The molecule has 0 spiro atoms. The minimum Gasteiger partial charge on any atom is -0.400 e. The molecule has 1 fully saturated rings. The number of hydrogen-bond donors (Lipinski definition) is 4. The standard InChI is InChI=1S/C25H28N6O/c1-13-7-10-20-19(12-29-31-20)21(13)24(22(26)14(2)25(28)32)30-15(3)17-5-4-6-18(11-17)23(27)16-8-9-16/h4-7,10-12,14,16,27H,8-9,26H2,1-3H3,(H2,28,32)(H,29,31)/b24-22+,27-23?,30-15?. The molecule has 0 radical (unpaired) electrons. The number of fused-ring (bicyclic) bond motifs is 1. The summed E-state index contributed by atoms with van der Waals surface area (Å²) in [6, 6.07) is 11.8. The molecule has 2 aromatic carbocycles. The molecule has 1 aliphatic rings. The SMILES string of the molecule is CC(=N/C(=C(/N)C(C)C(N)=O)c1c(C)ccc2[nH]ncc12)c1cccc(C(=N)C2CC2)c1. The van der Waals surface area contributed by atoms with Crippen molar-refractivity contribution in [2.45, 2.75) is 33.6 Å². The Balaban J connectivity index is 1.87. The smallest absolute Gasteiger partial charge is 0.226 e. The van der Waals surface area contributed by atoms with Crippen LogP contribution in [0.2, 0.25) is 0 Å². The van der Waals surface area contributed by atoms with Crippen LogP contribution in [-0.4, -0.2) is 27.5 Å². The fourth-order valence-corrected chi connectivity index (χ4v) is 3.82. The van der Waals surface area contributed by atoms with E-state index in [0.717, 1.165) is 51.7 Å². The van der Waals surface area contributed by atoms with Crippen LogP contribution in [0.5, 0.6) is 0 Å². The van der Waals surface area contributed by atoms with Crippen molar-refractivity contribution >= 4 is 33.9 Å². The molecule has 6 N–H and O–H groups in total. The van der Waals surface area contributed by atoms with Crippen LogP contribution in [-0.2, 0) is 4.79 Å². The summed E-state index contributed by atoms with van der Waals surface area (Å²) >= 11 is 0. The van der Waals surface area contributed by atoms with Crippen LogP contribution in [0.3, 0.4) is 0 Å². The van der Waals surface area contributed by atoms with Gasteiger partial charge in [-0.05, 0) is 62.4 Å². The summed E-state index contributed by atoms with van der Waals surface area (Å²) in [6.07, 6.45) is 3.90. The Labute approximate surface area is 187 Å². The molecule has 1 amide bonds. The number of nitrogens with two attached hydrogens (primary N) is 2. The molecule has 1 heterocycles. The van der Waals surface area contributed by atoms with Gasteiger partial charge in [0.15, 0.2) is 0 Å². The number of amides is 1. The van der Waals surface area contributed by atoms with Gasteiger partial charge in [-0.2, -0.15) is 5.10 Å². The molecule has 0 saturated heterocycles. The number of carbonyl (C=O) groups excluding carboxylic acids is 1. The van der Waals surface area contributed by atoms with Gasteiger partial charge in [-0.15, -0.1) is 0 Å². The summed E-state index contributed by atoms with van der Waals surface area (Å²) in [6.45, 7) is 5.57. The average molecular weight is 429 g/mol. The van der Waals surface area contributed by atoms with E-state index in [1.165, 1.54) is 0 Å². The first kappa shape index (κ1) is 21.5. The van der Waals surface area contributed by atoms with Gasteiger partial charge in [0.05, 0.1) is 23.3 Å². The first-order valence-corrected chi connectivity index (χ1v) is 10.7. The predicted molar refractivity (Wildman–Crippen MR) is 129 cm³/mol. The minimum absolute atomic E-state index is 0.315. The highest BCUT2D eigenvalue weighted by Gasteiger charge is 2.27. The maximum absolute atomic E-state index is 11.9. The summed E-state index contributed by atoms with van der Waals surface area (Å²) in [7, 11) is 0. The lowest BCUT2D eigenvalue weighted by Gasteiger charge is -2.16. The molecule has 0 bridgehead atoms. The molecule has 32 heavy (non-hydrogen) atoms. The van der Waals surface area contributed by atoms with Crippen LogP contribution < -0.4 is 11.5 Å². The molecule has 7 heteroatoms. The second kappa shape index (κ2) is 8.42. The largest absolute Gasteiger partial charge is 0.400 e. The van der Waals surface area contributed by atoms with Crippen LogP contribution >= 0.6 is 0 Å². The summed E-state index contributed by atoms with van der Waals surface area (Å²) in [5.41, 5.74) is 18.8. The van der Waals surface area contributed by atoms with Crippen molar-refractivity contribution in [2.75, 3.05) is 0 Å². The van der Waals surface area contributed by atoms with Crippen LogP contribution in [0.25, 0.3) is 16.6 Å². The Bertz CT molecular complexity index is 1280. The molecule has 164 valence electrons. The van der Waals surface area contributed by atoms with Crippen LogP contribution in [0.4, 0.5) is 0 Å². The van der Waals surface area contributed by atoms with Crippen molar-refractivity contribution < 1.29 is 4.79 Å². The van der Waals surface area contributed by atoms with E-state index in [2.05, 4.69) is 10.2 Å². The van der Waals surface area contributed by atoms with Gasteiger partial charge in [-0.1, -0.05) is 24.3 Å². The summed E-state index contributed by atoms with van der Waals surface area (Å²) in [5, 5.41) is 16.4. The van der Waals surface area contributed by atoms with Gasteiger partial charge < -0.3 is 16.9 Å². The number of aromatic nitrogens is 2. The molecule has 0 aliphatic heterocycles. The zero-order chi connectivity index (χ0) is 23.0. The predicted octanol–water partition coefficient (Wildman–Crippen LogP) is 3.91. The third kappa shape index (κ3) is 4.06. The number of benzene rings is 2. The Morgan fingerprint density at radius 2 is 1.94 bits per heavy atom. The fourth-order valence-electron chi connectivity index (χ4n) is 3.82. The number of rotatable bonds is 7. The van der Waals surface area contributed by atoms with E-state index < -0.39 is 11.8 Å². The van der Waals surface area contributed by atoms with Gasteiger partial charge >= 0.3 is 0 Å². The fraction of sp³-hybridized carbons (Fsp3) is 0.280. The van der Waals surface area contributed by atoms with Gasteiger partial charge in [0.25, 0.3) is 0 Å². The van der Waals surface area contributed by atoms with E-state index in [1.54, 1.807) is 13.1 Å². The highest BCUT2D eigenvalue weighted by Crippen LogP contribution is 2.34. The number of aliphatic imine (C=N–C) groups is 1. The highest BCUT2D eigenvalue weighted by atomic mass is 16.1. The Morgan fingerprint density at radius 3 is 2.62 bits per heavy atom. The molecule has 1 aromatic heterocycles. The van der Waals surface area contributed by atoms with Crippen molar-refractivity contribution in [3.8, 4) is 0 Å². The first-order chi connectivity index (χ1) is 15.3. The van der Waals surface area contributed by atoms with Crippen molar-refractivity contribution in [2.24, 2.45) is 28.3 Å². The van der Waals surface area contributed by atoms with Crippen molar-refractivity contribution in [1.82, 2.24) is 10.2 Å². The molecular weight excluding hydrogens is 400 g/mol. The Kier molecular flexibility index (Phi) is 5.65. The van der Waals surface area contributed by atoms with E-state index in [9.17, 15) is 4.79 Å². The summed E-state index contributed by atoms with van der Waals surface area (Å²) in [4.78, 5) is 16.9. The van der Waals surface area contributed by atoms with Crippen molar-refractivity contribution in [1.29, 1.82) is 5.41 Å². The number of nitrogens with one attached hydrogen (secondary N) is 2. The average Bonchev–Trinajstić information content (AvgIpc) is 3.53. The first-order valence-electron chi connectivity index (χ1n) is 10.7. The third-order valence-corrected chi connectivity index (χ3v) is 6.09. The molecular formula is C25H28N6O. The Morgan fingerprint density at radius 1 is 1.22 bits per heavy atom. The van der Waals surface area contributed by atoms with Gasteiger partial charge in [-0.3, -0.25) is 14.9 Å². The summed E-state index contributed by atoms with van der Waals surface area (Å²) < 4.78 is 0. The maximum atomic E-state index is 11.9. The third-order valence-electron chi connectivity index (χ3n) is 6.09. The zero-order valence-electron chi connectivity index (χ0n) is 18.6. The van der Waals surface area contributed by atoms with Gasteiger partial charge in [0.2, 0.25) is 5.91 Å². The van der Waals surface area contributed by atoms with Crippen molar-refractivity contribution in [3.63, 3.8) is 0 Å². The molecule has 1 saturated carbocycles. The monoisotopic (exact) mass is 428 g/mol. The molecule has 1 aliphatic carbocycles. The minimum atomic E-state index is -0.683. The maximum Gasteiger partial charge on any atom is 0.226 e. The van der Waals surface area contributed by atoms with Gasteiger partial charge in [-0.25, -0.2) is 0 Å². The lowest BCUT2D eigenvalue weighted by molar-refractivity contribution is -0.120. The van der Waals surface area contributed by atoms with E-state index in [-0.39, 0.29) is 0 Å². The number of aromatic amines is 1. The van der Waals surface area contributed by atoms with Crippen molar-refractivity contribution in [3.05, 3.63) is 70.5 Å². The van der Waals surface area contributed by atoms with Gasteiger partial charge in [0, 0.05) is 34.0 Å². The van der Waals surface area contributed by atoms with Crippen LogP contribution in [0.1, 0.15) is 48.9 Å². The molecule has 4 rings (SSSR count). The quantitative estimate of drug-likeness (QED) is 0.425. The van der Waals surface area contributed by atoms with Gasteiger partial charge in [0.1, 0.15) is 0 Å².